The van der Waals surface area contributed by atoms with Gasteiger partial charge in [0.25, 0.3) is 0 Å². The molecule has 3 fully saturated rings. The molecule has 1 amide bonds. The van der Waals surface area contributed by atoms with E-state index in [1.54, 1.807) is 12.1 Å². The lowest BCUT2D eigenvalue weighted by Crippen LogP contribution is -2.57. The van der Waals surface area contributed by atoms with Crippen molar-refractivity contribution in [2.45, 2.75) is 37.3 Å². The van der Waals surface area contributed by atoms with Gasteiger partial charge in [-0.3, -0.25) is 9.69 Å². The molecule has 3 aliphatic heterocycles. The molecule has 5 nitrogen and oxygen atoms in total. The first-order valence-corrected chi connectivity index (χ1v) is 9.71. The molecule has 4 rings (SSSR count). The fraction of sp³-hybridized carbons (Fsp3) is 0.611. The van der Waals surface area contributed by atoms with Crippen molar-refractivity contribution >= 4 is 29.1 Å². The molecule has 0 spiro atoms. The fourth-order valence-corrected chi connectivity index (χ4v) is 5.08. The van der Waals surface area contributed by atoms with Crippen LogP contribution >= 0.6 is 23.2 Å². The molecule has 1 aromatic rings. The van der Waals surface area contributed by atoms with Crippen molar-refractivity contribution in [1.82, 2.24) is 15.1 Å². The van der Waals surface area contributed by atoms with Crippen LogP contribution in [0.5, 0.6) is 5.75 Å². The maximum atomic E-state index is 12.7. The van der Waals surface area contributed by atoms with Gasteiger partial charge in [-0.2, -0.15) is 0 Å². The standard InChI is InChI=1S/C18H23Cl2N3O2/c19-14-1-2-15(24)17(18(14)20)11-7-13-9-22(10-16(25)23(13)8-11)12-3-5-21-6-4-12/h1-2,11-13,21,24H,3-10H2/t11-,13-/m0/s1. The van der Waals surface area contributed by atoms with Gasteiger partial charge >= 0.3 is 0 Å². The number of phenols is 1. The maximum absolute atomic E-state index is 12.7. The van der Waals surface area contributed by atoms with Crippen molar-refractivity contribution in [2.24, 2.45) is 0 Å². The molecule has 0 unspecified atom stereocenters. The van der Waals surface area contributed by atoms with Gasteiger partial charge in [-0.25, -0.2) is 0 Å². The molecule has 3 aliphatic rings. The first kappa shape index (κ1) is 17.4. The molecule has 2 atom stereocenters. The number of benzene rings is 1. The van der Waals surface area contributed by atoms with Gasteiger partial charge in [0.2, 0.25) is 5.91 Å². The maximum Gasteiger partial charge on any atom is 0.237 e. The van der Waals surface area contributed by atoms with Crippen LogP contribution < -0.4 is 5.32 Å². The summed E-state index contributed by atoms with van der Waals surface area (Å²) < 4.78 is 0. The van der Waals surface area contributed by atoms with Crippen LogP contribution in [0.2, 0.25) is 10.0 Å². The van der Waals surface area contributed by atoms with Gasteiger partial charge in [0.15, 0.2) is 0 Å². The number of halogens is 2. The largest absolute Gasteiger partial charge is 0.508 e. The van der Waals surface area contributed by atoms with E-state index in [9.17, 15) is 9.90 Å². The van der Waals surface area contributed by atoms with Crippen molar-refractivity contribution in [3.05, 3.63) is 27.7 Å². The monoisotopic (exact) mass is 383 g/mol. The summed E-state index contributed by atoms with van der Waals surface area (Å²) in [5.74, 6) is 0.393. The Morgan fingerprint density at radius 3 is 2.64 bits per heavy atom. The van der Waals surface area contributed by atoms with Crippen LogP contribution in [0.3, 0.4) is 0 Å². The Bertz CT molecular complexity index is 679. The predicted octanol–water partition coefficient (Wildman–Crippen LogP) is 2.45. The molecule has 0 bridgehead atoms. The molecule has 0 saturated carbocycles. The van der Waals surface area contributed by atoms with E-state index in [-0.39, 0.29) is 23.6 Å². The van der Waals surface area contributed by atoms with Gasteiger partial charge in [-0.1, -0.05) is 23.2 Å². The second-order valence-corrected chi connectivity index (χ2v) is 8.12. The topological polar surface area (TPSA) is 55.8 Å². The van der Waals surface area contributed by atoms with Crippen LogP contribution in [0.1, 0.15) is 30.7 Å². The number of piperazine rings is 1. The minimum Gasteiger partial charge on any atom is -0.508 e. The first-order chi connectivity index (χ1) is 12.0. The lowest BCUT2D eigenvalue weighted by atomic mass is 9.94. The van der Waals surface area contributed by atoms with E-state index >= 15 is 0 Å². The van der Waals surface area contributed by atoms with E-state index in [2.05, 4.69) is 10.2 Å². The second kappa shape index (κ2) is 6.95. The number of aromatic hydroxyl groups is 1. The molecule has 3 saturated heterocycles. The molecule has 25 heavy (non-hydrogen) atoms. The Hall–Kier alpha value is -1.01. The minimum atomic E-state index is 0.0353. The minimum absolute atomic E-state index is 0.0353. The smallest absolute Gasteiger partial charge is 0.237 e. The molecule has 0 aliphatic carbocycles. The van der Waals surface area contributed by atoms with E-state index in [4.69, 9.17) is 23.2 Å². The van der Waals surface area contributed by atoms with E-state index in [0.29, 0.717) is 34.7 Å². The Labute approximate surface area is 157 Å². The number of nitrogens with zero attached hydrogens (tertiary/aromatic N) is 2. The van der Waals surface area contributed by atoms with Crippen LogP contribution in [0.15, 0.2) is 12.1 Å². The van der Waals surface area contributed by atoms with Gasteiger partial charge in [0.05, 0.1) is 16.6 Å². The third kappa shape index (κ3) is 3.23. The molecular formula is C18H23Cl2N3O2. The molecule has 0 aromatic heterocycles. The van der Waals surface area contributed by atoms with Crippen molar-refractivity contribution in [3.8, 4) is 5.75 Å². The number of piperidine rings is 1. The Kier molecular flexibility index (Phi) is 4.84. The summed E-state index contributed by atoms with van der Waals surface area (Å²) in [7, 11) is 0. The van der Waals surface area contributed by atoms with Crippen molar-refractivity contribution < 1.29 is 9.90 Å². The number of carbonyl (C=O) groups excluding carboxylic acids is 1. The Morgan fingerprint density at radius 2 is 1.88 bits per heavy atom. The van der Waals surface area contributed by atoms with Gasteiger partial charge in [-0.05, 0) is 44.5 Å². The van der Waals surface area contributed by atoms with Crippen LogP contribution in [0.4, 0.5) is 0 Å². The zero-order chi connectivity index (χ0) is 17.6. The Balaban J connectivity index is 1.53. The zero-order valence-corrected chi connectivity index (χ0v) is 15.6. The highest BCUT2D eigenvalue weighted by atomic mass is 35.5. The van der Waals surface area contributed by atoms with E-state index < -0.39 is 0 Å². The third-order valence-electron chi connectivity index (χ3n) is 5.86. The number of amides is 1. The van der Waals surface area contributed by atoms with Crippen LogP contribution in [0.25, 0.3) is 0 Å². The van der Waals surface area contributed by atoms with Gasteiger partial charge in [-0.15, -0.1) is 0 Å². The SMILES string of the molecule is O=C1CN(C2CCNCC2)C[C@@H]2C[C@H](c3c(O)ccc(Cl)c3Cl)CN12. The summed E-state index contributed by atoms with van der Waals surface area (Å²) in [5, 5.41) is 14.5. The Morgan fingerprint density at radius 1 is 1.12 bits per heavy atom. The molecule has 2 N–H and O–H groups in total. The lowest BCUT2D eigenvalue weighted by molar-refractivity contribution is -0.139. The molecule has 0 radical (unpaired) electrons. The summed E-state index contributed by atoms with van der Waals surface area (Å²) in [5.41, 5.74) is 0.685. The average Bonchev–Trinajstić information content (AvgIpc) is 3.03. The third-order valence-corrected chi connectivity index (χ3v) is 6.68. The highest BCUT2D eigenvalue weighted by Gasteiger charge is 2.43. The molecular weight excluding hydrogens is 361 g/mol. The summed E-state index contributed by atoms with van der Waals surface area (Å²) in [6, 6.07) is 3.88. The molecule has 3 heterocycles. The van der Waals surface area contributed by atoms with E-state index in [0.717, 1.165) is 38.9 Å². The van der Waals surface area contributed by atoms with Crippen molar-refractivity contribution in [1.29, 1.82) is 0 Å². The normalized spacial score (nSPS) is 28.4. The van der Waals surface area contributed by atoms with Crippen molar-refractivity contribution in [3.63, 3.8) is 0 Å². The first-order valence-electron chi connectivity index (χ1n) is 8.95. The fourth-order valence-electron chi connectivity index (χ4n) is 4.60. The zero-order valence-electron chi connectivity index (χ0n) is 14.0. The lowest BCUT2D eigenvalue weighted by Gasteiger charge is -2.42. The number of fused-ring (bicyclic) bond motifs is 1. The number of hydrogen-bond donors (Lipinski definition) is 2. The number of phenolic OH excluding ortho intramolecular Hbond substituents is 1. The highest BCUT2D eigenvalue weighted by Crippen LogP contribution is 2.43. The summed E-state index contributed by atoms with van der Waals surface area (Å²) >= 11 is 12.5. The summed E-state index contributed by atoms with van der Waals surface area (Å²) in [4.78, 5) is 17.0. The number of nitrogens with one attached hydrogen (secondary N) is 1. The second-order valence-electron chi connectivity index (χ2n) is 7.34. The molecule has 1 aromatic carbocycles. The number of carbonyl (C=O) groups is 1. The quantitative estimate of drug-likeness (QED) is 0.823. The number of hydrogen-bond acceptors (Lipinski definition) is 4. The van der Waals surface area contributed by atoms with Crippen LogP contribution in [-0.4, -0.2) is 65.6 Å². The predicted molar refractivity (Wildman–Crippen MR) is 98.5 cm³/mol. The van der Waals surface area contributed by atoms with Crippen molar-refractivity contribution in [2.75, 3.05) is 32.7 Å². The van der Waals surface area contributed by atoms with Crippen LogP contribution in [0, 0.1) is 0 Å². The summed E-state index contributed by atoms with van der Waals surface area (Å²) in [6.45, 7) is 4.07. The molecule has 7 heteroatoms. The van der Waals surface area contributed by atoms with Gasteiger partial charge < -0.3 is 15.3 Å². The molecule has 136 valence electrons. The average molecular weight is 384 g/mol. The van der Waals surface area contributed by atoms with Gasteiger partial charge in [0.1, 0.15) is 5.75 Å². The van der Waals surface area contributed by atoms with Gasteiger partial charge in [0, 0.05) is 36.7 Å². The highest BCUT2D eigenvalue weighted by molar-refractivity contribution is 6.42. The summed E-state index contributed by atoms with van der Waals surface area (Å²) in [6.07, 6.45) is 3.02. The van der Waals surface area contributed by atoms with E-state index in [1.807, 2.05) is 4.90 Å². The van der Waals surface area contributed by atoms with E-state index in [1.165, 1.54) is 0 Å². The number of rotatable bonds is 2. The van der Waals surface area contributed by atoms with Crippen LogP contribution in [-0.2, 0) is 4.79 Å².